The predicted octanol–water partition coefficient (Wildman–Crippen LogP) is 3.97. The first-order valence-electron chi connectivity index (χ1n) is 10.4. The van der Waals surface area contributed by atoms with Crippen molar-refractivity contribution in [2.45, 2.75) is 19.4 Å². The molecule has 1 amide bonds. The average molecular weight is 436 g/mol. The summed E-state index contributed by atoms with van der Waals surface area (Å²) in [6.45, 7) is 3.52. The van der Waals surface area contributed by atoms with Gasteiger partial charge in [-0.1, -0.05) is 24.3 Å². The zero-order chi connectivity index (χ0) is 22.7. The molecule has 2 heterocycles. The zero-order valence-corrected chi connectivity index (χ0v) is 17.9. The highest BCUT2D eigenvalue weighted by molar-refractivity contribution is 6.00. The van der Waals surface area contributed by atoms with Gasteiger partial charge in [-0.25, -0.2) is 0 Å². The lowest BCUT2D eigenvalue weighted by molar-refractivity contribution is -0.384. The Balaban J connectivity index is 1.79. The summed E-state index contributed by atoms with van der Waals surface area (Å²) >= 11 is 0. The third-order valence-electron chi connectivity index (χ3n) is 5.45. The lowest BCUT2D eigenvalue weighted by atomic mass is 9.96. The van der Waals surface area contributed by atoms with Gasteiger partial charge < -0.3 is 14.4 Å². The van der Waals surface area contributed by atoms with E-state index in [0.717, 1.165) is 16.9 Å². The van der Waals surface area contributed by atoms with Gasteiger partial charge in [0.25, 0.3) is 11.6 Å². The molecule has 3 aromatic rings. The van der Waals surface area contributed by atoms with Crippen LogP contribution >= 0.6 is 0 Å². The minimum absolute atomic E-state index is 0.0295. The Hall–Kier alpha value is -3.72. The molecule has 1 atom stereocenters. The predicted molar refractivity (Wildman–Crippen MR) is 118 cm³/mol. The normalized spacial score (nSPS) is 15.1. The molecule has 0 radical (unpaired) electrons. The molecular formula is C23H24N4O5. The van der Waals surface area contributed by atoms with Crippen LogP contribution < -0.4 is 4.74 Å². The Morgan fingerprint density at radius 1 is 1.22 bits per heavy atom. The molecule has 0 bridgehead atoms. The Kier molecular flexibility index (Phi) is 6.18. The van der Waals surface area contributed by atoms with Crippen molar-refractivity contribution in [1.82, 2.24) is 15.1 Å². The Morgan fingerprint density at radius 2 is 2.00 bits per heavy atom. The molecule has 0 aliphatic carbocycles. The first kappa shape index (κ1) is 21.5. The Bertz CT molecular complexity index is 1130. The minimum atomic E-state index is -0.442. The van der Waals surface area contributed by atoms with Gasteiger partial charge in [-0.2, -0.15) is 5.10 Å². The summed E-state index contributed by atoms with van der Waals surface area (Å²) in [4.78, 5) is 25.9. The number of nitro benzene ring substituents is 1. The fourth-order valence-electron chi connectivity index (χ4n) is 4.05. The number of amides is 1. The van der Waals surface area contributed by atoms with Crippen LogP contribution in [0.2, 0.25) is 0 Å². The van der Waals surface area contributed by atoms with E-state index in [0.29, 0.717) is 43.1 Å². The van der Waals surface area contributed by atoms with E-state index in [1.165, 1.54) is 12.1 Å². The van der Waals surface area contributed by atoms with E-state index < -0.39 is 4.92 Å². The number of non-ortho nitro benzene ring substituents is 1. The molecular weight excluding hydrogens is 412 g/mol. The maximum absolute atomic E-state index is 13.2. The Labute approximate surface area is 185 Å². The van der Waals surface area contributed by atoms with Crippen LogP contribution in [0.1, 0.15) is 41.0 Å². The summed E-state index contributed by atoms with van der Waals surface area (Å²) in [5.41, 5.74) is 3.12. The largest absolute Gasteiger partial charge is 0.494 e. The number of hydrogen-bond donors (Lipinski definition) is 1. The SMILES string of the molecule is CCOc1ccc(C2c3c(-c4cccc([N+](=O)[O-])c4)n[nH]c3C(=O)N2CCCOC)cc1. The standard InChI is InChI=1S/C23H24N4O5/c1-3-32-18-10-8-15(9-11-18)22-19-20(16-6-4-7-17(14-16)27(29)30)24-25-21(19)23(28)26(22)12-5-13-31-2/h4,6-11,14,22H,3,5,12-13H2,1-2H3,(H,24,25). The van der Waals surface area contributed by atoms with E-state index in [1.54, 1.807) is 24.1 Å². The van der Waals surface area contributed by atoms with Crippen molar-refractivity contribution < 1.29 is 19.2 Å². The Morgan fingerprint density at radius 3 is 2.69 bits per heavy atom. The number of aromatic amines is 1. The van der Waals surface area contributed by atoms with Crippen molar-refractivity contribution in [3.63, 3.8) is 0 Å². The number of hydrogen-bond acceptors (Lipinski definition) is 6. The van der Waals surface area contributed by atoms with Gasteiger partial charge in [-0.15, -0.1) is 0 Å². The van der Waals surface area contributed by atoms with Gasteiger partial charge in [0.05, 0.1) is 23.3 Å². The molecule has 1 unspecified atom stereocenters. The maximum Gasteiger partial charge on any atom is 0.273 e. The maximum atomic E-state index is 13.2. The van der Waals surface area contributed by atoms with Gasteiger partial charge in [0, 0.05) is 43.5 Å². The first-order chi connectivity index (χ1) is 15.5. The molecule has 9 heteroatoms. The first-order valence-corrected chi connectivity index (χ1v) is 10.4. The van der Waals surface area contributed by atoms with Gasteiger partial charge >= 0.3 is 0 Å². The van der Waals surface area contributed by atoms with Crippen molar-refractivity contribution >= 4 is 11.6 Å². The summed E-state index contributed by atoms with van der Waals surface area (Å²) in [5.74, 6) is 0.594. The second-order valence-corrected chi connectivity index (χ2v) is 7.42. The molecule has 4 rings (SSSR count). The van der Waals surface area contributed by atoms with Crippen molar-refractivity contribution in [3.8, 4) is 17.0 Å². The molecule has 1 aliphatic rings. The molecule has 166 valence electrons. The molecule has 1 N–H and O–H groups in total. The molecule has 0 saturated carbocycles. The van der Waals surface area contributed by atoms with Gasteiger partial charge in [-0.3, -0.25) is 20.0 Å². The van der Waals surface area contributed by atoms with Crippen molar-refractivity contribution in [1.29, 1.82) is 0 Å². The summed E-state index contributed by atoms with van der Waals surface area (Å²) in [6.07, 6.45) is 0.680. The number of H-pyrrole nitrogens is 1. The fraction of sp³-hybridized carbons (Fsp3) is 0.304. The summed E-state index contributed by atoms with van der Waals surface area (Å²) in [6, 6.07) is 13.5. The lowest BCUT2D eigenvalue weighted by Crippen LogP contribution is -2.31. The van der Waals surface area contributed by atoms with Crippen LogP contribution in [0.3, 0.4) is 0 Å². The van der Waals surface area contributed by atoms with E-state index in [1.807, 2.05) is 31.2 Å². The highest BCUT2D eigenvalue weighted by Gasteiger charge is 2.42. The third kappa shape index (κ3) is 3.94. The monoisotopic (exact) mass is 436 g/mol. The highest BCUT2D eigenvalue weighted by atomic mass is 16.6. The third-order valence-corrected chi connectivity index (χ3v) is 5.45. The number of nitrogens with zero attached hydrogens (tertiary/aromatic N) is 3. The van der Waals surface area contributed by atoms with E-state index >= 15 is 0 Å². The second-order valence-electron chi connectivity index (χ2n) is 7.42. The van der Waals surface area contributed by atoms with E-state index in [9.17, 15) is 14.9 Å². The van der Waals surface area contributed by atoms with Crippen molar-refractivity contribution in [2.75, 3.05) is 26.9 Å². The molecule has 2 aromatic carbocycles. The van der Waals surface area contributed by atoms with Crippen LogP contribution in [0, 0.1) is 10.1 Å². The number of benzene rings is 2. The van der Waals surface area contributed by atoms with E-state index in [4.69, 9.17) is 9.47 Å². The number of ether oxygens (including phenoxy) is 2. The van der Waals surface area contributed by atoms with Crippen molar-refractivity contribution in [3.05, 3.63) is 75.5 Å². The molecule has 1 aromatic heterocycles. The van der Waals surface area contributed by atoms with Crippen LogP contribution in [-0.2, 0) is 4.74 Å². The molecule has 0 fully saturated rings. The van der Waals surface area contributed by atoms with Crippen LogP contribution in [-0.4, -0.2) is 52.8 Å². The van der Waals surface area contributed by atoms with E-state index in [2.05, 4.69) is 10.2 Å². The number of methoxy groups -OCH3 is 1. The number of nitrogens with one attached hydrogen (secondary N) is 1. The number of nitro groups is 1. The average Bonchev–Trinajstić information content (AvgIpc) is 3.34. The number of rotatable bonds is 9. The number of carbonyl (C=O) groups is 1. The lowest BCUT2D eigenvalue weighted by Gasteiger charge is -2.26. The second kappa shape index (κ2) is 9.19. The number of aromatic nitrogens is 2. The molecule has 1 aliphatic heterocycles. The van der Waals surface area contributed by atoms with E-state index in [-0.39, 0.29) is 17.6 Å². The zero-order valence-electron chi connectivity index (χ0n) is 17.9. The summed E-state index contributed by atoms with van der Waals surface area (Å²) in [5, 5.41) is 18.5. The quantitative estimate of drug-likeness (QED) is 0.309. The smallest absolute Gasteiger partial charge is 0.273 e. The van der Waals surface area contributed by atoms with Gasteiger partial charge in [0.15, 0.2) is 0 Å². The molecule has 0 saturated heterocycles. The fourth-order valence-corrected chi connectivity index (χ4v) is 4.05. The summed E-state index contributed by atoms with van der Waals surface area (Å²) < 4.78 is 10.7. The summed E-state index contributed by atoms with van der Waals surface area (Å²) in [7, 11) is 1.63. The van der Waals surface area contributed by atoms with Crippen LogP contribution in [0.5, 0.6) is 5.75 Å². The molecule has 9 nitrogen and oxygen atoms in total. The number of carbonyl (C=O) groups excluding carboxylic acids is 1. The van der Waals surface area contributed by atoms with Crippen LogP contribution in [0.25, 0.3) is 11.3 Å². The minimum Gasteiger partial charge on any atom is -0.494 e. The van der Waals surface area contributed by atoms with Gasteiger partial charge in [0.2, 0.25) is 0 Å². The number of fused-ring (bicyclic) bond motifs is 1. The van der Waals surface area contributed by atoms with Gasteiger partial charge in [-0.05, 0) is 31.0 Å². The highest BCUT2D eigenvalue weighted by Crippen LogP contribution is 2.43. The molecule has 0 spiro atoms. The molecule has 32 heavy (non-hydrogen) atoms. The van der Waals surface area contributed by atoms with Crippen LogP contribution in [0.4, 0.5) is 5.69 Å². The van der Waals surface area contributed by atoms with Crippen LogP contribution in [0.15, 0.2) is 48.5 Å². The van der Waals surface area contributed by atoms with Gasteiger partial charge in [0.1, 0.15) is 11.4 Å². The van der Waals surface area contributed by atoms with Crippen molar-refractivity contribution in [2.24, 2.45) is 0 Å². The topological polar surface area (TPSA) is 111 Å².